The molecule has 0 aliphatic carbocycles. The standard InChI is InChI=1S/C10H6BrN3S/c11-6-4-7-9(12-5-6)14-10(13-7)8-2-1-3-15-8/h1-5H,(H,12,13,14). The van der Waals surface area contributed by atoms with Gasteiger partial charge in [0.05, 0.1) is 10.4 Å². The molecule has 0 aromatic carbocycles. The Morgan fingerprint density at radius 3 is 3.13 bits per heavy atom. The highest BCUT2D eigenvalue weighted by molar-refractivity contribution is 9.10. The van der Waals surface area contributed by atoms with Crippen LogP contribution in [0.3, 0.4) is 0 Å². The van der Waals surface area contributed by atoms with Crippen molar-refractivity contribution in [3.8, 4) is 10.7 Å². The van der Waals surface area contributed by atoms with Gasteiger partial charge in [-0.1, -0.05) is 6.07 Å². The van der Waals surface area contributed by atoms with Crippen LogP contribution in [-0.2, 0) is 0 Å². The van der Waals surface area contributed by atoms with E-state index >= 15 is 0 Å². The molecular weight excluding hydrogens is 274 g/mol. The Morgan fingerprint density at radius 2 is 2.33 bits per heavy atom. The maximum Gasteiger partial charge on any atom is 0.178 e. The molecule has 1 N–H and O–H groups in total. The van der Waals surface area contributed by atoms with Gasteiger partial charge < -0.3 is 4.98 Å². The summed E-state index contributed by atoms with van der Waals surface area (Å²) < 4.78 is 0.955. The van der Waals surface area contributed by atoms with Crippen molar-refractivity contribution >= 4 is 38.4 Å². The van der Waals surface area contributed by atoms with Gasteiger partial charge in [0.15, 0.2) is 5.65 Å². The van der Waals surface area contributed by atoms with Crippen LogP contribution in [0.4, 0.5) is 0 Å². The smallest absolute Gasteiger partial charge is 0.178 e. The summed E-state index contributed by atoms with van der Waals surface area (Å²) in [4.78, 5) is 13.0. The molecule has 0 aliphatic rings. The zero-order valence-electron chi connectivity index (χ0n) is 7.57. The number of fused-ring (bicyclic) bond motifs is 1. The molecule has 0 saturated carbocycles. The number of rotatable bonds is 1. The van der Waals surface area contributed by atoms with Crippen molar-refractivity contribution in [2.24, 2.45) is 0 Å². The molecule has 0 bridgehead atoms. The molecule has 0 unspecified atom stereocenters. The highest BCUT2D eigenvalue weighted by atomic mass is 79.9. The van der Waals surface area contributed by atoms with E-state index < -0.39 is 0 Å². The number of pyridine rings is 1. The lowest BCUT2D eigenvalue weighted by Gasteiger charge is -1.87. The van der Waals surface area contributed by atoms with Crippen LogP contribution in [0.25, 0.3) is 21.9 Å². The van der Waals surface area contributed by atoms with Crippen molar-refractivity contribution in [1.29, 1.82) is 0 Å². The highest BCUT2D eigenvalue weighted by Gasteiger charge is 2.06. The Labute approximate surface area is 98.3 Å². The molecule has 74 valence electrons. The van der Waals surface area contributed by atoms with E-state index in [2.05, 4.69) is 30.9 Å². The minimum Gasteiger partial charge on any atom is -0.336 e. The molecule has 3 heterocycles. The van der Waals surface area contributed by atoms with E-state index in [4.69, 9.17) is 0 Å². The fourth-order valence-electron chi connectivity index (χ4n) is 1.40. The van der Waals surface area contributed by atoms with Gasteiger partial charge in [-0.05, 0) is 33.4 Å². The van der Waals surface area contributed by atoms with E-state index in [1.807, 2.05) is 23.6 Å². The second-order valence-electron chi connectivity index (χ2n) is 3.09. The van der Waals surface area contributed by atoms with Crippen LogP contribution in [0, 0.1) is 0 Å². The lowest BCUT2D eigenvalue weighted by molar-refractivity contribution is 1.31. The highest BCUT2D eigenvalue weighted by Crippen LogP contribution is 2.24. The van der Waals surface area contributed by atoms with E-state index in [0.717, 1.165) is 26.3 Å². The maximum absolute atomic E-state index is 4.42. The SMILES string of the molecule is Brc1cnc2nc(-c3cccs3)[nH]c2c1. The van der Waals surface area contributed by atoms with E-state index in [9.17, 15) is 0 Å². The number of hydrogen-bond acceptors (Lipinski definition) is 3. The predicted molar refractivity (Wildman–Crippen MR) is 64.9 cm³/mol. The van der Waals surface area contributed by atoms with E-state index in [1.54, 1.807) is 17.5 Å². The van der Waals surface area contributed by atoms with Gasteiger partial charge in [-0.3, -0.25) is 0 Å². The fraction of sp³-hybridized carbons (Fsp3) is 0. The van der Waals surface area contributed by atoms with Gasteiger partial charge >= 0.3 is 0 Å². The van der Waals surface area contributed by atoms with Crippen molar-refractivity contribution in [2.45, 2.75) is 0 Å². The van der Waals surface area contributed by atoms with Gasteiger partial charge in [-0.25, -0.2) is 9.97 Å². The molecule has 5 heteroatoms. The molecule has 0 amide bonds. The van der Waals surface area contributed by atoms with Gasteiger partial charge in [-0.15, -0.1) is 11.3 Å². The van der Waals surface area contributed by atoms with Crippen molar-refractivity contribution in [3.63, 3.8) is 0 Å². The van der Waals surface area contributed by atoms with Gasteiger partial charge in [0.25, 0.3) is 0 Å². The fourth-order valence-corrected chi connectivity index (χ4v) is 2.41. The lowest BCUT2D eigenvalue weighted by atomic mass is 10.4. The summed E-state index contributed by atoms with van der Waals surface area (Å²) in [5, 5.41) is 2.03. The first kappa shape index (κ1) is 9.06. The minimum atomic E-state index is 0.751. The van der Waals surface area contributed by atoms with Gasteiger partial charge in [-0.2, -0.15) is 0 Å². The minimum absolute atomic E-state index is 0.751. The molecule has 3 aromatic rings. The number of imidazole rings is 1. The number of hydrogen-bond donors (Lipinski definition) is 1. The molecule has 0 spiro atoms. The first-order valence-electron chi connectivity index (χ1n) is 4.38. The molecule has 3 aromatic heterocycles. The average Bonchev–Trinajstić information content (AvgIpc) is 2.84. The van der Waals surface area contributed by atoms with Crippen LogP contribution in [0.5, 0.6) is 0 Å². The van der Waals surface area contributed by atoms with Gasteiger partial charge in [0, 0.05) is 10.7 Å². The van der Waals surface area contributed by atoms with E-state index in [0.29, 0.717) is 0 Å². The van der Waals surface area contributed by atoms with Crippen LogP contribution < -0.4 is 0 Å². The van der Waals surface area contributed by atoms with Crippen molar-refractivity contribution in [1.82, 2.24) is 15.0 Å². The average molecular weight is 280 g/mol. The largest absolute Gasteiger partial charge is 0.336 e. The second-order valence-corrected chi connectivity index (χ2v) is 4.95. The second kappa shape index (κ2) is 3.43. The Hall–Kier alpha value is -1.20. The van der Waals surface area contributed by atoms with Crippen LogP contribution in [0.2, 0.25) is 0 Å². The molecule has 0 aliphatic heterocycles. The van der Waals surface area contributed by atoms with Crippen molar-refractivity contribution in [3.05, 3.63) is 34.2 Å². The summed E-state index contributed by atoms with van der Waals surface area (Å²) >= 11 is 5.04. The number of nitrogens with zero attached hydrogens (tertiary/aromatic N) is 2. The molecule has 0 atom stereocenters. The summed E-state index contributed by atoms with van der Waals surface area (Å²) in [6, 6.07) is 6.03. The predicted octanol–water partition coefficient (Wildman–Crippen LogP) is 3.45. The lowest BCUT2D eigenvalue weighted by Crippen LogP contribution is -1.75. The van der Waals surface area contributed by atoms with Crippen LogP contribution in [0.15, 0.2) is 34.2 Å². The Morgan fingerprint density at radius 1 is 1.40 bits per heavy atom. The summed E-state index contributed by atoms with van der Waals surface area (Å²) in [7, 11) is 0. The van der Waals surface area contributed by atoms with E-state index in [1.165, 1.54) is 0 Å². The third-order valence-electron chi connectivity index (χ3n) is 2.06. The molecule has 0 radical (unpaired) electrons. The van der Waals surface area contributed by atoms with E-state index in [-0.39, 0.29) is 0 Å². The number of thiophene rings is 1. The number of aromatic amines is 1. The molecule has 15 heavy (non-hydrogen) atoms. The normalized spacial score (nSPS) is 11.0. The maximum atomic E-state index is 4.42. The Kier molecular flexibility index (Phi) is 2.07. The van der Waals surface area contributed by atoms with Gasteiger partial charge in [0.1, 0.15) is 5.82 Å². The number of halogens is 1. The molecule has 3 nitrogen and oxygen atoms in total. The zero-order chi connectivity index (χ0) is 10.3. The van der Waals surface area contributed by atoms with Crippen molar-refractivity contribution < 1.29 is 0 Å². The first-order valence-corrected chi connectivity index (χ1v) is 6.05. The molecule has 3 rings (SSSR count). The Balaban J connectivity index is 2.22. The zero-order valence-corrected chi connectivity index (χ0v) is 9.97. The first-order chi connectivity index (χ1) is 7.33. The van der Waals surface area contributed by atoms with Crippen molar-refractivity contribution in [2.75, 3.05) is 0 Å². The summed E-state index contributed by atoms with van der Waals surface area (Å²) in [5.41, 5.74) is 1.70. The van der Waals surface area contributed by atoms with Crippen LogP contribution >= 0.6 is 27.3 Å². The monoisotopic (exact) mass is 279 g/mol. The molecule has 0 fully saturated rings. The molecule has 0 saturated heterocycles. The third-order valence-corrected chi connectivity index (χ3v) is 3.37. The number of nitrogens with one attached hydrogen (secondary N) is 1. The summed E-state index contributed by atoms with van der Waals surface area (Å²) in [6.45, 7) is 0. The third kappa shape index (κ3) is 1.57. The summed E-state index contributed by atoms with van der Waals surface area (Å²) in [5.74, 6) is 0.880. The quantitative estimate of drug-likeness (QED) is 0.741. The van der Waals surface area contributed by atoms with Crippen LogP contribution in [0.1, 0.15) is 0 Å². The van der Waals surface area contributed by atoms with Crippen LogP contribution in [-0.4, -0.2) is 15.0 Å². The molecular formula is C10H6BrN3S. The van der Waals surface area contributed by atoms with Gasteiger partial charge in [0.2, 0.25) is 0 Å². The number of H-pyrrole nitrogens is 1. The number of aromatic nitrogens is 3. The summed E-state index contributed by atoms with van der Waals surface area (Å²) in [6.07, 6.45) is 1.75. The Bertz CT molecular complexity index is 600. The topological polar surface area (TPSA) is 41.6 Å².